The van der Waals surface area contributed by atoms with Gasteiger partial charge in [-0.3, -0.25) is 14.4 Å². The summed E-state index contributed by atoms with van der Waals surface area (Å²) in [6, 6.07) is 10.0. The number of hydrogen-bond acceptors (Lipinski definition) is 5. The summed E-state index contributed by atoms with van der Waals surface area (Å²) >= 11 is 0. The molecule has 3 amide bonds. The van der Waals surface area contributed by atoms with Crippen molar-refractivity contribution in [3.8, 4) is 11.5 Å². The van der Waals surface area contributed by atoms with Crippen LogP contribution in [0.2, 0.25) is 0 Å². The van der Waals surface area contributed by atoms with Crippen LogP contribution in [0.5, 0.6) is 11.5 Å². The average Bonchev–Trinajstić information content (AvgIpc) is 3.26. The molecule has 0 radical (unpaired) electrons. The molecule has 3 aromatic rings. The number of H-pyrrole nitrogens is 1. The number of para-hydroxylation sites is 1. The second-order valence-corrected chi connectivity index (χ2v) is 8.04. The second kappa shape index (κ2) is 11.4. The number of amides is 3. The molecule has 0 saturated carbocycles. The Morgan fingerprint density at radius 2 is 1.77 bits per heavy atom. The van der Waals surface area contributed by atoms with Crippen LogP contribution in [0.15, 0.2) is 42.6 Å². The smallest absolute Gasteiger partial charge is 0.254 e. The summed E-state index contributed by atoms with van der Waals surface area (Å²) < 4.78 is 10.9. The Balaban J connectivity index is 1.95. The van der Waals surface area contributed by atoms with Crippen molar-refractivity contribution in [1.82, 2.24) is 15.2 Å². The van der Waals surface area contributed by atoms with Crippen LogP contribution in [0.3, 0.4) is 0 Å². The molecule has 0 aliphatic carbocycles. The molecule has 0 saturated heterocycles. The van der Waals surface area contributed by atoms with Gasteiger partial charge in [0.25, 0.3) is 5.91 Å². The average molecular weight is 481 g/mol. The predicted molar refractivity (Wildman–Crippen MR) is 135 cm³/mol. The lowest BCUT2D eigenvalue weighted by molar-refractivity contribution is -0.125. The Hall–Kier alpha value is -4.01. The van der Waals surface area contributed by atoms with Crippen LogP contribution in [0.4, 0.5) is 5.69 Å². The highest BCUT2D eigenvalue weighted by atomic mass is 16.5. The zero-order valence-corrected chi connectivity index (χ0v) is 20.7. The van der Waals surface area contributed by atoms with Gasteiger partial charge in [0.15, 0.2) is 11.5 Å². The highest BCUT2D eigenvalue weighted by Gasteiger charge is 2.25. The number of aromatic amines is 1. The van der Waals surface area contributed by atoms with E-state index in [1.165, 1.54) is 21.1 Å². The van der Waals surface area contributed by atoms with Crippen LogP contribution in [0, 0.1) is 0 Å². The van der Waals surface area contributed by atoms with E-state index in [1.54, 1.807) is 17.0 Å². The molecule has 1 atom stereocenters. The molecule has 1 unspecified atom stereocenters. The summed E-state index contributed by atoms with van der Waals surface area (Å²) in [5.74, 6) is -0.374. The van der Waals surface area contributed by atoms with E-state index in [2.05, 4.69) is 15.6 Å². The van der Waals surface area contributed by atoms with Crippen LogP contribution in [-0.2, 0) is 16.0 Å². The number of anilines is 1. The number of carbonyl (C=O) groups is 3. The topological polar surface area (TPSA) is 113 Å². The van der Waals surface area contributed by atoms with Crippen molar-refractivity contribution in [2.24, 2.45) is 0 Å². The first kappa shape index (κ1) is 25.6. The standard InChI is InChI=1S/C26H32N4O5/c1-6-30(7-2)26(33)17-12-21(24(35-5)23(14-17)34-4)29-25(32)22(28-16(3)31)13-18-15-27-20-11-9-8-10-19(18)20/h8-12,14-15,22,27H,6-7,13H2,1-5H3,(H,28,31)(H,29,32). The van der Waals surface area contributed by atoms with Gasteiger partial charge in [-0.25, -0.2) is 0 Å². The molecule has 0 aliphatic rings. The summed E-state index contributed by atoms with van der Waals surface area (Å²) in [5.41, 5.74) is 2.47. The Morgan fingerprint density at radius 1 is 1.06 bits per heavy atom. The SMILES string of the molecule is CCN(CC)C(=O)c1cc(NC(=O)C(Cc2c[nH]c3ccccc23)NC(C)=O)c(OC)c(OC)c1. The molecule has 0 bridgehead atoms. The van der Waals surface area contributed by atoms with E-state index in [-0.39, 0.29) is 29.7 Å². The molecule has 35 heavy (non-hydrogen) atoms. The van der Waals surface area contributed by atoms with E-state index in [0.717, 1.165) is 16.5 Å². The van der Waals surface area contributed by atoms with Gasteiger partial charge in [0, 0.05) is 49.1 Å². The first-order valence-corrected chi connectivity index (χ1v) is 11.5. The minimum atomic E-state index is -0.857. The Labute approximate surface area is 204 Å². The molecule has 0 spiro atoms. The maximum absolute atomic E-state index is 13.4. The summed E-state index contributed by atoms with van der Waals surface area (Å²) in [6.45, 7) is 6.24. The third-order valence-electron chi connectivity index (χ3n) is 5.83. The quantitative estimate of drug-likeness (QED) is 0.412. The van der Waals surface area contributed by atoms with Gasteiger partial charge < -0.3 is 30.0 Å². The molecule has 3 N–H and O–H groups in total. The zero-order chi connectivity index (χ0) is 25.5. The molecule has 186 valence electrons. The van der Waals surface area contributed by atoms with E-state index in [4.69, 9.17) is 9.47 Å². The molecule has 0 aliphatic heterocycles. The molecular formula is C26H32N4O5. The largest absolute Gasteiger partial charge is 0.493 e. The maximum Gasteiger partial charge on any atom is 0.254 e. The third-order valence-corrected chi connectivity index (χ3v) is 5.83. The van der Waals surface area contributed by atoms with Crippen LogP contribution >= 0.6 is 0 Å². The van der Waals surface area contributed by atoms with Crippen molar-refractivity contribution >= 4 is 34.3 Å². The summed E-state index contributed by atoms with van der Waals surface area (Å²) in [7, 11) is 2.92. The number of carbonyl (C=O) groups excluding carboxylic acids is 3. The fraction of sp³-hybridized carbons (Fsp3) is 0.346. The summed E-state index contributed by atoms with van der Waals surface area (Å²) in [4.78, 5) is 43.1. The first-order valence-electron chi connectivity index (χ1n) is 11.5. The molecule has 9 heteroatoms. The minimum absolute atomic E-state index is 0.191. The number of ether oxygens (including phenoxy) is 2. The summed E-state index contributed by atoms with van der Waals surface area (Å²) in [6.07, 6.45) is 2.10. The number of fused-ring (bicyclic) bond motifs is 1. The van der Waals surface area contributed by atoms with E-state index in [1.807, 2.05) is 44.3 Å². The number of rotatable bonds is 10. The van der Waals surface area contributed by atoms with Gasteiger partial charge in [-0.1, -0.05) is 18.2 Å². The van der Waals surface area contributed by atoms with Crippen LogP contribution in [0.25, 0.3) is 10.9 Å². The molecule has 1 heterocycles. The zero-order valence-electron chi connectivity index (χ0n) is 20.7. The number of benzene rings is 2. The molecule has 1 aromatic heterocycles. The van der Waals surface area contributed by atoms with Crippen molar-refractivity contribution in [1.29, 1.82) is 0 Å². The lowest BCUT2D eigenvalue weighted by Gasteiger charge is -2.22. The van der Waals surface area contributed by atoms with Crippen LogP contribution in [-0.4, -0.2) is 61.0 Å². The maximum atomic E-state index is 13.4. The van der Waals surface area contributed by atoms with Gasteiger partial charge in [-0.15, -0.1) is 0 Å². The van der Waals surface area contributed by atoms with E-state index in [9.17, 15) is 14.4 Å². The molecular weight excluding hydrogens is 448 g/mol. The van der Waals surface area contributed by atoms with Gasteiger partial charge in [0.05, 0.1) is 19.9 Å². The second-order valence-electron chi connectivity index (χ2n) is 8.04. The third kappa shape index (κ3) is 5.74. The van der Waals surface area contributed by atoms with Gasteiger partial charge in [-0.2, -0.15) is 0 Å². The molecule has 3 rings (SSSR count). The van der Waals surface area contributed by atoms with Gasteiger partial charge in [-0.05, 0) is 37.6 Å². The number of methoxy groups -OCH3 is 2. The van der Waals surface area contributed by atoms with Crippen LogP contribution < -0.4 is 20.1 Å². The van der Waals surface area contributed by atoms with Gasteiger partial charge in [0.2, 0.25) is 11.8 Å². The number of hydrogen-bond donors (Lipinski definition) is 3. The monoisotopic (exact) mass is 480 g/mol. The van der Waals surface area contributed by atoms with E-state index < -0.39 is 11.9 Å². The lowest BCUT2D eigenvalue weighted by atomic mass is 10.0. The minimum Gasteiger partial charge on any atom is -0.493 e. The highest BCUT2D eigenvalue weighted by molar-refractivity contribution is 6.02. The van der Waals surface area contributed by atoms with Crippen molar-refractivity contribution in [2.75, 3.05) is 32.6 Å². The predicted octanol–water partition coefficient (Wildman–Crippen LogP) is 3.35. The van der Waals surface area contributed by atoms with Gasteiger partial charge in [0.1, 0.15) is 6.04 Å². The van der Waals surface area contributed by atoms with Crippen molar-refractivity contribution in [3.05, 3.63) is 53.7 Å². The first-order chi connectivity index (χ1) is 16.8. The van der Waals surface area contributed by atoms with Crippen molar-refractivity contribution in [2.45, 2.75) is 33.2 Å². The molecule has 2 aromatic carbocycles. The van der Waals surface area contributed by atoms with Gasteiger partial charge >= 0.3 is 0 Å². The van der Waals surface area contributed by atoms with Crippen LogP contribution in [0.1, 0.15) is 36.7 Å². The normalized spacial score (nSPS) is 11.6. The Kier molecular flexibility index (Phi) is 8.35. The lowest BCUT2D eigenvalue weighted by Crippen LogP contribution is -2.44. The van der Waals surface area contributed by atoms with E-state index >= 15 is 0 Å². The Morgan fingerprint density at radius 3 is 2.40 bits per heavy atom. The number of nitrogens with one attached hydrogen (secondary N) is 3. The number of aromatic nitrogens is 1. The summed E-state index contributed by atoms with van der Waals surface area (Å²) in [5, 5.41) is 6.54. The van der Waals surface area contributed by atoms with Crippen molar-refractivity contribution < 1.29 is 23.9 Å². The van der Waals surface area contributed by atoms with E-state index in [0.29, 0.717) is 24.4 Å². The fourth-order valence-corrected chi connectivity index (χ4v) is 4.07. The molecule has 0 fully saturated rings. The number of nitrogens with zero attached hydrogens (tertiary/aromatic N) is 1. The van der Waals surface area contributed by atoms with Crippen molar-refractivity contribution in [3.63, 3.8) is 0 Å². The Bertz CT molecular complexity index is 1220. The fourth-order valence-electron chi connectivity index (χ4n) is 4.07. The molecule has 9 nitrogen and oxygen atoms in total. The highest BCUT2D eigenvalue weighted by Crippen LogP contribution is 2.37.